The van der Waals surface area contributed by atoms with Crippen molar-refractivity contribution in [3.8, 4) is 0 Å². The first kappa shape index (κ1) is 16.2. The second-order valence-electron chi connectivity index (χ2n) is 5.17. The fourth-order valence-electron chi connectivity index (χ4n) is 2.46. The van der Waals surface area contributed by atoms with Crippen molar-refractivity contribution >= 4 is 25.6 Å². The smallest absolute Gasteiger partial charge is 0.261 e. The number of hydrogen-bond donors (Lipinski definition) is 0. The summed E-state index contributed by atoms with van der Waals surface area (Å²) >= 11 is 0. The third kappa shape index (κ3) is 4.41. The Balaban J connectivity index is 2.27. The van der Waals surface area contributed by atoms with Crippen LogP contribution in [-0.2, 0) is 9.05 Å². The maximum absolute atomic E-state index is 13.5. The molecule has 2 rings (SSSR count). The van der Waals surface area contributed by atoms with Gasteiger partial charge in [-0.25, -0.2) is 12.8 Å². The van der Waals surface area contributed by atoms with Gasteiger partial charge in [-0.2, -0.15) is 0 Å². The largest absolute Gasteiger partial charge is 0.339 e. The Hall–Kier alpha value is -1.14. The predicted molar refractivity (Wildman–Crippen MR) is 78.4 cm³/mol. The van der Waals surface area contributed by atoms with Crippen LogP contribution in [-0.4, -0.2) is 32.3 Å². The molecule has 0 radical (unpaired) electrons. The number of likely N-dealkylation sites (tertiary alicyclic amines) is 1. The molecule has 1 aromatic carbocycles. The Morgan fingerprint density at radius 2 is 1.62 bits per heavy atom. The summed E-state index contributed by atoms with van der Waals surface area (Å²) in [5.41, 5.74) is 0.0230. The number of carbonyl (C=O) groups is 1. The van der Waals surface area contributed by atoms with Gasteiger partial charge in [-0.1, -0.05) is 19.3 Å². The van der Waals surface area contributed by atoms with Crippen molar-refractivity contribution in [2.45, 2.75) is 37.0 Å². The monoisotopic (exact) mass is 333 g/mol. The van der Waals surface area contributed by atoms with Gasteiger partial charge in [-0.3, -0.25) is 4.79 Å². The Kier molecular flexibility index (Phi) is 5.22. The quantitative estimate of drug-likeness (QED) is 0.781. The standard InChI is InChI=1S/C14H17ClFNO3S/c15-21(19,20)13-9-11(8-12(16)10-13)14(18)17-6-4-2-1-3-5-7-17/h8-10H,1-7H2. The normalized spacial score (nSPS) is 17.1. The first-order chi connectivity index (χ1) is 9.88. The lowest BCUT2D eigenvalue weighted by Gasteiger charge is -2.25. The van der Waals surface area contributed by atoms with E-state index in [1.807, 2.05) is 0 Å². The van der Waals surface area contributed by atoms with Gasteiger partial charge in [0.05, 0.1) is 4.90 Å². The van der Waals surface area contributed by atoms with Gasteiger partial charge in [-0.05, 0) is 31.0 Å². The molecule has 0 unspecified atom stereocenters. The molecule has 0 atom stereocenters. The molecule has 0 saturated carbocycles. The van der Waals surface area contributed by atoms with Crippen LogP contribution in [0, 0.1) is 5.82 Å². The van der Waals surface area contributed by atoms with Crippen LogP contribution in [0.2, 0.25) is 0 Å². The summed E-state index contributed by atoms with van der Waals surface area (Å²) in [6.45, 7) is 1.22. The molecular formula is C14H17ClFNO3S. The summed E-state index contributed by atoms with van der Waals surface area (Å²) in [4.78, 5) is 13.7. The molecule has 0 aromatic heterocycles. The number of benzene rings is 1. The van der Waals surface area contributed by atoms with Crippen molar-refractivity contribution in [3.05, 3.63) is 29.6 Å². The number of hydrogen-bond acceptors (Lipinski definition) is 3. The molecule has 1 aromatic rings. The van der Waals surface area contributed by atoms with E-state index < -0.39 is 14.9 Å². The van der Waals surface area contributed by atoms with Crippen molar-refractivity contribution < 1.29 is 17.6 Å². The van der Waals surface area contributed by atoms with E-state index in [1.165, 1.54) is 0 Å². The molecule has 1 amide bonds. The average Bonchev–Trinajstić information content (AvgIpc) is 2.36. The average molecular weight is 334 g/mol. The van der Waals surface area contributed by atoms with Gasteiger partial charge in [0.1, 0.15) is 5.82 Å². The molecule has 1 aliphatic rings. The fraction of sp³-hybridized carbons (Fsp3) is 0.500. The minimum absolute atomic E-state index is 0.0230. The van der Waals surface area contributed by atoms with Gasteiger partial charge < -0.3 is 4.90 Å². The van der Waals surface area contributed by atoms with E-state index >= 15 is 0 Å². The Morgan fingerprint density at radius 1 is 1.05 bits per heavy atom. The molecule has 1 saturated heterocycles. The molecule has 0 N–H and O–H groups in total. The van der Waals surface area contributed by atoms with Gasteiger partial charge in [0.25, 0.3) is 15.0 Å². The second-order valence-corrected chi connectivity index (χ2v) is 7.74. The summed E-state index contributed by atoms with van der Waals surface area (Å²) in [5.74, 6) is -1.13. The maximum atomic E-state index is 13.5. The summed E-state index contributed by atoms with van der Waals surface area (Å²) in [6.07, 6.45) is 5.10. The Morgan fingerprint density at radius 3 is 2.19 bits per heavy atom. The van der Waals surface area contributed by atoms with E-state index in [2.05, 4.69) is 0 Å². The Bertz CT molecular complexity index is 625. The molecule has 21 heavy (non-hydrogen) atoms. The zero-order valence-corrected chi connectivity index (χ0v) is 13.1. The van der Waals surface area contributed by atoms with E-state index in [1.54, 1.807) is 4.90 Å². The number of nitrogens with zero attached hydrogens (tertiary/aromatic N) is 1. The summed E-state index contributed by atoms with van der Waals surface area (Å²) in [7, 11) is 1.16. The van der Waals surface area contributed by atoms with Gasteiger partial charge in [-0.15, -0.1) is 0 Å². The first-order valence-corrected chi connectivity index (χ1v) is 9.23. The van der Waals surface area contributed by atoms with Crippen molar-refractivity contribution in [3.63, 3.8) is 0 Å². The molecule has 0 bridgehead atoms. The predicted octanol–water partition coefficient (Wildman–Crippen LogP) is 3.16. The van der Waals surface area contributed by atoms with Gasteiger partial charge >= 0.3 is 0 Å². The highest BCUT2D eigenvalue weighted by Crippen LogP contribution is 2.20. The van der Waals surface area contributed by atoms with E-state index in [0.29, 0.717) is 13.1 Å². The lowest BCUT2D eigenvalue weighted by molar-refractivity contribution is 0.0741. The summed E-state index contributed by atoms with van der Waals surface area (Å²) in [6, 6.07) is 2.99. The SMILES string of the molecule is O=C(c1cc(F)cc(S(=O)(=O)Cl)c1)N1CCCCCCC1. The molecule has 0 aliphatic carbocycles. The summed E-state index contributed by atoms with van der Waals surface area (Å²) < 4.78 is 36.2. The van der Waals surface area contributed by atoms with Crippen LogP contribution < -0.4 is 0 Å². The molecule has 1 fully saturated rings. The van der Waals surface area contributed by atoms with Crippen LogP contribution >= 0.6 is 10.7 Å². The second kappa shape index (κ2) is 6.75. The van der Waals surface area contributed by atoms with Crippen LogP contribution in [0.4, 0.5) is 4.39 Å². The number of carbonyl (C=O) groups excluding carboxylic acids is 1. The molecule has 1 heterocycles. The van der Waals surface area contributed by atoms with Gasteiger partial charge in [0.15, 0.2) is 0 Å². The van der Waals surface area contributed by atoms with Crippen LogP contribution in [0.3, 0.4) is 0 Å². The van der Waals surface area contributed by atoms with Crippen molar-refractivity contribution in [1.29, 1.82) is 0 Å². The number of halogens is 2. The zero-order valence-electron chi connectivity index (χ0n) is 11.5. The minimum atomic E-state index is -4.06. The van der Waals surface area contributed by atoms with Crippen LogP contribution in [0.15, 0.2) is 23.1 Å². The van der Waals surface area contributed by atoms with E-state index in [-0.39, 0.29) is 16.4 Å². The van der Waals surface area contributed by atoms with E-state index in [9.17, 15) is 17.6 Å². The highest BCUT2D eigenvalue weighted by Gasteiger charge is 2.20. The highest BCUT2D eigenvalue weighted by molar-refractivity contribution is 8.13. The minimum Gasteiger partial charge on any atom is -0.339 e. The maximum Gasteiger partial charge on any atom is 0.261 e. The zero-order chi connectivity index (χ0) is 15.5. The molecule has 1 aliphatic heterocycles. The van der Waals surface area contributed by atoms with Gasteiger partial charge in [0.2, 0.25) is 0 Å². The number of rotatable bonds is 2. The third-order valence-corrected chi connectivity index (χ3v) is 4.88. The topological polar surface area (TPSA) is 54.5 Å². The van der Waals surface area contributed by atoms with Crippen LogP contribution in [0.1, 0.15) is 42.5 Å². The molecule has 4 nitrogen and oxygen atoms in total. The lowest BCUT2D eigenvalue weighted by atomic mass is 10.1. The Labute approximate surface area is 128 Å². The van der Waals surface area contributed by atoms with Crippen molar-refractivity contribution in [2.24, 2.45) is 0 Å². The third-order valence-electron chi connectivity index (χ3n) is 3.54. The molecular weight excluding hydrogens is 317 g/mol. The van der Waals surface area contributed by atoms with E-state index in [0.717, 1.165) is 50.3 Å². The first-order valence-electron chi connectivity index (χ1n) is 6.92. The van der Waals surface area contributed by atoms with Crippen LogP contribution in [0.5, 0.6) is 0 Å². The lowest BCUT2D eigenvalue weighted by Crippen LogP contribution is -2.33. The van der Waals surface area contributed by atoms with Gasteiger partial charge in [0, 0.05) is 29.3 Å². The molecule has 7 heteroatoms. The van der Waals surface area contributed by atoms with Crippen molar-refractivity contribution in [2.75, 3.05) is 13.1 Å². The summed E-state index contributed by atoms with van der Waals surface area (Å²) in [5, 5.41) is 0. The molecule has 0 spiro atoms. The molecule has 116 valence electrons. The van der Waals surface area contributed by atoms with E-state index in [4.69, 9.17) is 10.7 Å². The highest BCUT2D eigenvalue weighted by atomic mass is 35.7. The van der Waals surface area contributed by atoms with Crippen LogP contribution in [0.25, 0.3) is 0 Å². The number of amides is 1. The van der Waals surface area contributed by atoms with Crippen molar-refractivity contribution in [1.82, 2.24) is 4.90 Å². The fourth-order valence-corrected chi connectivity index (χ4v) is 3.25.